The number of hydrogen-bond acceptors (Lipinski definition) is 5. The molecule has 0 atom stereocenters. The average Bonchev–Trinajstić information content (AvgIpc) is 3.22. The molecule has 10 heteroatoms. The molecule has 1 fully saturated rings. The number of thiophene rings is 1. The zero-order chi connectivity index (χ0) is 22.9. The van der Waals surface area contributed by atoms with Gasteiger partial charge in [-0.2, -0.15) is 4.31 Å². The second kappa shape index (κ2) is 9.19. The number of amides is 1. The van der Waals surface area contributed by atoms with E-state index in [9.17, 15) is 18.0 Å². The van der Waals surface area contributed by atoms with E-state index in [0.717, 1.165) is 22.5 Å². The van der Waals surface area contributed by atoms with Crippen molar-refractivity contribution in [3.05, 3.63) is 86.1 Å². The average molecular weight is 492 g/mol. The van der Waals surface area contributed by atoms with Crippen molar-refractivity contribution in [2.45, 2.75) is 17.7 Å². The largest absolute Gasteiger partial charge is 0.336 e. The van der Waals surface area contributed by atoms with Crippen molar-refractivity contribution in [1.29, 1.82) is 0 Å². The van der Waals surface area contributed by atoms with Gasteiger partial charge in [-0.05, 0) is 36.8 Å². The number of carbonyl (C=O) groups excluding carboxylic acids is 1. The summed E-state index contributed by atoms with van der Waals surface area (Å²) in [7, 11) is -3.64. The number of hydrogen-bond donors (Lipinski definition) is 0. The fourth-order valence-corrected chi connectivity index (χ4v) is 6.76. The quantitative estimate of drug-likeness (QED) is 0.549. The van der Waals surface area contributed by atoms with E-state index in [4.69, 9.17) is 11.6 Å². The Morgan fingerprint density at radius 1 is 1.06 bits per heavy atom. The van der Waals surface area contributed by atoms with Crippen LogP contribution in [0.25, 0.3) is 0 Å². The van der Waals surface area contributed by atoms with Crippen LogP contribution in [-0.4, -0.2) is 54.3 Å². The molecule has 0 saturated carbocycles. The van der Waals surface area contributed by atoms with Gasteiger partial charge in [-0.3, -0.25) is 9.59 Å². The molecular weight excluding hydrogens is 470 g/mol. The Balaban J connectivity index is 1.47. The molecule has 168 valence electrons. The number of aryl methyl sites for hydroxylation is 1. The Bertz CT molecular complexity index is 1310. The maximum absolute atomic E-state index is 13.0. The first-order valence-electron chi connectivity index (χ1n) is 10.1. The number of nitrogens with zero attached hydrogens (tertiary/aromatic N) is 3. The monoisotopic (exact) mass is 491 g/mol. The van der Waals surface area contributed by atoms with E-state index in [2.05, 4.69) is 0 Å². The molecule has 1 amide bonds. The summed E-state index contributed by atoms with van der Waals surface area (Å²) in [6.07, 6.45) is 1.66. The molecular formula is C22H22ClN3O4S2. The highest BCUT2D eigenvalue weighted by atomic mass is 35.5. The fraction of sp³-hybridized carbons (Fsp3) is 0.273. The normalized spacial score (nSPS) is 15.1. The van der Waals surface area contributed by atoms with Crippen LogP contribution in [0.5, 0.6) is 0 Å². The van der Waals surface area contributed by atoms with Gasteiger partial charge in [0, 0.05) is 32.4 Å². The molecule has 0 spiro atoms. The zero-order valence-electron chi connectivity index (χ0n) is 17.4. The molecule has 1 saturated heterocycles. The third-order valence-electron chi connectivity index (χ3n) is 5.35. The number of rotatable bonds is 5. The van der Waals surface area contributed by atoms with E-state index < -0.39 is 10.0 Å². The molecule has 4 rings (SSSR count). The first-order valence-corrected chi connectivity index (χ1v) is 12.7. The van der Waals surface area contributed by atoms with Crippen molar-refractivity contribution in [1.82, 2.24) is 13.8 Å². The highest BCUT2D eigenvalue weighted by Gasteiger charge is 2.32. The summed E-state index contributed by atoms with van der Waals surface area (Å²) in [4.78, 5) is 27.5. The minimum absolute atomic E-state index is 0.0847. The molecule has 7 nitrogen and oxygen atoms in total. The Morgan fingerprint density at radius 2 is 1.81 bits per heavy atom. The molecule has 0 bridgehead atoms. The lowest BCUT2D eigenvalue weighted by atomic mass is 10.1. The van der Waals surface area contributed by atoms with Crippen molar-refractivity contribution in [2.75, 3.05) is 26.2 Å². The van der Waals surface area contributed by atoms with Gasteiger partial charge in [0.2, 0.25) is 0 Å². The molecule has 0 unspecified atom stereocenters. The Hall–Kier alpha value is -2.46. The van der Waals surface area contributed by atoms with Crippen LogP contribution in [0.1, 0.15) is 21.5 Å². The molecule has 3 heterocycles. The second-order valence-corrected chi connectivity index (χ2v) is 11.5. The van der Waals surface area contributed by atoms with Gasteiger partial charge < -0.3 is 9.47 Å². The minimum atomic E-state index is -3.64. The van der Waals surface area contributed by atoms with Crippen LogP contribution in [-0.2, 0) is 16.6 Å². The summed E-state index contributed by atoms with van der Waals surface area (Å²) in [5.41, 5.74) is 1.80. The minimum Gasteiger partial charge on any atom is -0.336 e. The number of piperazine rings is 1. The first-order chi connectivity index (χ1) is 15.3. The van der Waals surface area contributed by atoms with E-state index in [1.165, 1.54) is 25.9 Å². The van der Waals surface area contributed by atoms with Crippen LogP contribution in [0.2, 0.25) is 4.34 Å². The molecule has 0 aliphatic carbocycles. The summed E-state index contributed by atoms with van der Waals surface area (Å²) in [5.74, 6) is -0.384. The summed E-state index contributed by atoms with van der Waals surface area (Å²) in [6.45, 7) is 3.10. The van der Waals surface area contributed by atoms with Crippen LogP contribution in [0.15, 0.2) is 63.7 Å². The maximum Gasteiger partial charge on any atom is 0.263 e. The van der Waals surface area contributed by atoms with Gasteiger partial charge in [-0.25, -0.2) is 8.42 Å². The standard InChI is InChI=1S/C22H22ClN3O4S2/c1-16-4-2-5-17(14-16)15-25-9-3-6-18(22(25)28)21(27)24-10-12-26(13-11-24)32(29,30)20-8-7-19(23)31-20/h2-9,14H,10-13,15H2,1H3. The van der Waals surface area contributed by atoms with E-state index >= 15 is 0 Å². The Kier molecular flexibility index (Phi) is 6.52. The number of pyridine rings is 1. The van der Waals surface area contributed by atoms with E-state index in [1.54, 1.807) is 18.3 Å². The van der Waals surface area contributed by atoms with Crippen molar-refractivity contribution in [3.63, 3.8) is 0 Å². The Labute approximate surface area is 195 Å². The second-order valence-electron chi connectivity index (χ2n) is 7.60. The SMILES string of the molecule is Cc1cccc(Cn2cccc(C(=O)N3CCN(S(=O)(=O)c4ccc(Cl)s4)CC3)c2=O)c1. The molecule has 0 radical (unpaired) electrons. The fourth-order valence-electron chi connectivity index (χ4n) is 3.70. The highest BCUT2D eigenvalue weighted by molar-refractivity contribution is 7.91. The molecule has 1 aromatic carbocycles. The summed E-state index contributed by atoms with van der Waals surface area (Å²) in [5, 5.41) is 0. The van der Waals surface area contributed by atoms with Gasteiger partial charge in [0.05, 0.1) is 10.9 Å². The Morgan fingerprint density at radius 3 is 2.47 bits per heavy atom. The van der Waals surface area contributed by atoms with Gasteiger partial charge in [-0.15, -0.1) is 11.3 Å². The topological polar surface area (TPSA) is 79.7 Å². The van der Waals surface area contributed by atoms with Crippen molar-refractivity contribution in [3.8, 4) is 0 Å². The van der Waals surface area contributed by atoms with Gasteiger partial charge in [0.15, 0.2) is 0 Å². The predicted molar refractivity (Wildman–Crippen MR) is 125 cm³/mol. The first kappa shape index (κ1) is 22.7. The van der Waals surface area contributed by atoms with Crippen LogP contribution in [0.3, 0.4) is 0 Å². The summed E-state index contributed by atoms with van der Waals surface area (Å²) in [6, 6.07) is 14.1. The molecule has 0 N–H and O–H groups in total. The van der Waals surface area contributed by atoms with Gasteiger partial charge >= 0.3 is 0 Å². The highest BCUT2D eigenvalue weighted by Crippen LogP contribution is 2.28. The molecule has 1 aliphatic rings. The lowest BCUT2D eigenvalue weighted by molar-refractivity contribution is 0.0695. The van der Waals surface area contributed by atoms with Gasteiger partial charge in [0.25, 0.3) is 21.5 Å². The lowest BCUT2D eigenvalue weighted by Crippen LogP contribution is -2.51. The van der Waals surface area contributed by atoms with Crippen LogP contribution in [0.4, 0.5) is 0 Å². The molecule has 3 aromatic rings. The smallest absolute Gasteiger partial charge is 0.263 e. The van der Waals surface area contributed by atoms with E-state index in [1.807, 2.05) is 31.2 Å². The van der Waals surface area contributed by atoms with Crippen LogP contribution < -0.4 is 5.56 Å². The third-order valence-corrected chi connectivity index (χ3v) is 8.95. The van der Waals surface area contributed by atoms with Gasteiger partial charge in [-0.1, -0.05) is 41.4 Å². The van der Waals surface area contributed by atoms with Crippen LogP contribution in [0, 0.1) is 6.92 Å². The van der Waals surface area contributed by atoms with E-state index in [-0.39, 0.29) is 47.4 Å². The number of halogens is 1. The zero-order valence-corrected chi connectivity index (χ0v) is 19.8. The molecule has 1 aliphatic heterocycles. The van der Waals surface area contributed by atoms with Crippen molar-refractivity contribution in [2.24, 2.45) is 0 Å². The van der Waals surface area contributed by atoms with Crippen molar-refractivity contribution < 1.29 is 13.2 Å². The van der Waals surface area contributed by atoms with Gasteiger partial charge in [0.1, 0.15) is 9.77 Å². The maximum atomic E-state index is 13.0. The van der Waals surface area contributed by atoms with Crippen LogP contribution >= 0.6 is 22.9 Å². The molecule has 32 heavy (non-hydrogen) atoms. The number of benzene rings is 1. The number of sulfonamides is 1. The number of carbonyl (C=O) groups is 1. The van der Waals surface area contributed by atoms with Crippen molar-refractivity contribution >= 4 is 38.9 Å². The summed E-state index contributed by atoms with van der Waals surface area (Å²) < 4.78 is 29.0. The lowest BCUT2D eigenvalue weighted by Gasteiger charge is -2.33. The van der Waals surface area contributed by atoms with E-state index in [0.29, 0.717) is 10.9 Å². The number of aromatic nitrogens is 1. The third kappa shape index (κ3) is 4.66. The predicted octanol–water partition coefficient (Wildman–Crippen LogP) is 3.07. The molecule has 2 aromatic heterocycles. The summed E-state index contributed by atoms with van der Waals surface area (Å²) >= 11 is 6.88.